The molecule has 6 nitrogen and oxygen atoms in total. The summed E-state index contributed by atoms with van der Waals surface area (Å²) in [5, 5.41) is 9.46. The lowest BCUT2D eigenvalue weighted by Gasteiger charge is -2.33. The molecule has 1 saturated heterocycles. The minimum absolute atomic E-state index is 0.0228. The van der Waals surface area contributed by atoms with Crippen LogP contribution in [-0.4, -0.2) is 44.8 Å². The summed E-state index contributed by atoms with van der Waals surface area (Å²) in [6, 6.07) is 4.19. The molecule has 3 unspecified atom stereocenters. The molecule has 0 saturated carbocycles. The third kappa shape index (κ3) is 4.30. The van der Waals surface area contributed by atoms with Crippen molar-refractivity contribution >= 4 is 21.4 Å². The van der Waals surface area contributed by atoms with E-state index >= 15 is 0 Å². The van der Waals surface area contributed by atoms with E-state index in [4.69, 9.17) is 10.5 Å². The number of aliphatic hydroxyl groups excluding tert-OH is 1. The van der Waals surface area contributed by atoms with Crippen LogP contribution in [0.25, 0.3) is 0 Å². The second kappa shape index (κ2) is 8.28. The highest BCUT2D eigenvalue weighted by Crippen LogP contribution is 2.26. The molecule has 0 amide bonds. The fourth-order valence-corrected chi connectivity index (χ4v) is 4.53. The molecule has 0 aromatic heterocycles. The van der Waals surface area contributed by atoms with Gasteiger partial charge in [-0.2, -0.15) is 0 Å². The third-order valence-electron chi connectivity index (χ3n) is 4.58. The van der Waals surface area contributed by atoms with Crippen LogP contribution < -0.4 is 5.73 Å². The smallest absolute Gasteiger partial charge is 0.194 e. The molecule has 30 heavy (non-hydrogen) atoms. The Bertz CT molecular complexity index is 1090. The molecule has 1 heterocycles. The maximum absolute atomic E-state index is 14.3. The summed E-state index contributed by atoms with van der Waals surface area (Å²) in [6.07, 6.45) is -3.08. The number of nitrogens with two attached hydrogens (primary N) is 1. The highest BCUT2D eigenvalue weighted by molar-refractivity contribution is 7.90. The van der Waals surface area contributed by atoms with E-state index in [2.05, 4.69) is 4.99 Å². The van der Waals surface area contributed by atoms with E-state index in [1.54, 1.807) is 0 Å². The van der Waals surface area contributed by atoms with Gasteiger partial charge in [0.2, 0.25) is 0 Å². The molecule has 0 bridgehead atoms. The normalized spacial score (nSPS) is 22.7. The van der Waals surface area contributed by atoms with Gasteiger partial charge in [-0.05, 0) is 24.6 Å². The lowest BCUT2D eigenvalue weighted by Crippen LogP contribution is -2.46. The minimum Gasteiger partial charge on any atom is -0.390 e. The van der Waals surface area contributed by atoms with Crippen LogP contribution in [0.5, 0.6) is 0 Å². The number of benzene rings is 2. The number of hydrogen-bond donors (Lipinski definition) is 3. The van der Waals surface area contributed by atoms with Gasteiger partial charge in [-0.15, -0.1) is 0 Å². The number of nitrogens with one attached hydrogen (secondary N) is 1. The van der Waals surface area contributed by atoms with E-state index in [0.717, 1.165) is 22.5 Å². The summed E-state index contributed by atoms with van der Waals surface area (Å²) >= 11 is 0. The van der Waals surface area contributed by atoms with E-state index in [-0.39, 0.29) is 30.1 Å². The zero-order valence-corrected chi connectivity index (χ0v) is 16.1. The number of hydrogen-bond acceptors (Lipinski definition) is 4. The van der Waals surface area contributed by atoms with Gasteiger partial charge in [0.15, 0.2) is 17.5 Å². The van der Waals surface area contributed by atoms with Gasteiger partial charge in [-0.25, -0.2) is 40.2 Å². The Morgan fingerprint density at radius 2 is 1.80 bits per heavy atom. The Labute approximate surface area is 168 Å². The van der Waals surface area contributed by atoms with Crippen molar-refractivity contribution in [2.75, 3.05) is 13.1 Å². The van der Waals surface area contributed by atoms with Gasteiger partial charge >= 0.3 is 0 Å². The molecule has 3 atom stereocenters. The first-order valence-electron chi connectivity index (χ1n) is 8.65. The quantitative estimate of drug-likeness (QED) is 0.290. The summed E-state index contributed by atoms with van der Waals surface area (Å²) in [6.45, 7) is -0.615. The van der Waals surface area contributed by atoms with E-state index in [1.165, 1.54) is 0 Å². The molecule has 1 fully saturated rings. The van der Waals surface area contributed by atoms with Crippen LogP contribution in [0.4, 0.5) is 27.6 Å². The first kappa shape index (κ1) is 22.1. The largest absolute Gasteiger partial charge is 0.390 e. The molecule has 1 aliphatic heterocycles. The van der Waals surface area contributed by atoms with Crippen LogP contribution in [0.15, 0.2) is 40.2 Å². The molecule has 0 aliphatic carbocycles. The number of amidine groups is 1. The van der Waals surface area contributed by atoms with E-state index < -0.39 is 56.9 Å². The Morgan fingerprint density at radius 1 is 1.17 bits per heavy atom. The second-order valence-electron chi connectivity index (χ2n) is 6.65. The third-order valence-corrected chi connectivity index (χ3v) is 6.54. The SMILES string of the molecule is N=S(=O)(c1cc(C(N)=Nc2cc(F)c(F)c(F)c2)ccc1F)N1CCC(O)C(F)C1. The number of aliphatic hydroxyl groups is 1. The molecule has 3 rings (SSSR count). The molecule has 1 aliphatic rings. The van der Waals surface area contributed by atoms with Gasteiger partial charge in [0.05, 0.1) is 16.7 Å². The molecule has 0 spiro atoms. The van der Waals surface area contributed by atoms with Crippen LogP contribution in [0.3, 0.4) is 0 Å². The number of rotatable bonds is 4. The van der Waals surface area contributed by atoms with Crippen LogP contribution in [0.2, 0.25) is 0 Å². The average molecular weight is 448 g/mol. The second-order valence-corrected chi connectivity index (χ2v) is 8.66. The number of aliphatic imine (C=N–C) groups is 1. The average Bonchev–Trinajstić information content (AvgIpc) is 2.68. The Kier molecular flexibility index (Phi) is 6.11. The monoisotopic (exact) mass is 448 g/mol. The highest BCUT2D eigenvalue weighted by atomic mass is 32.2. The van der Waals surface area contributed by atoms with Crippen LogP contribution in [-0.2, 0) is 9.92 Å². The van der Waals surface area contributed by atoms with Crippen molar-refractivity contribution < 1.29 is 31.3 Å². The van der Waals surface area contributed by atoms with Crippen molar-refractivity contribution in [1.29, 1.82) is 4.78 Å². The molecule has 12 heteroatoms. The van der Waals surface area contributed by atoms with Crippen LogP contribution in [0, 0.1) is 28.0 Å². The Hall–Kier alpha value is -2.57. The van der Waals surface area contributed by atoms with Gasteiger partial charge in [0.25, 0.3) is 0 Å². The topological polar surface area (TPSA) is 103 Å². The van der Waals surface area contributed by atoms with Crippen molar-refractivity contribution in [1.82, 2.24) is 4.31 Å². The predicted molar refractivity (Wildman–Crippen MR) is 99.3 cm³/mol. The lowest BCUT2D eigenvalue weighted by atomic mass is 10.1. The maximum atomic E-state index is 14.3. The zero-order chi connectivity index (χ0) is 22.2. The van der Waals surface area contributed by atoms with Crippen molar-refractivity contribution in [2.24, 2.45) is 10.7 Å². The van der Waals surface area contributed by atoms with Crippen molar-refractivity contribution in [3.63, 3.8) is 0 Å². The number of nitrogens with zero attached hydrogens (tertiary/aromatic N) is 2. The van der Waals surface area contributed by atoms with Crippen LogP contribution >= 0.6 is 0 Å². The standard InChI is InChI=1S/C18H17F5N4O2S/c19-11-2-1-9(18(24)26-10-6-12(20)17(23)13(21)7-10)5-16(11)30(25,29)27-4-3-15(28)14(22)8-27/h1-2,5-7,14-15,25,28H,3-4,8H2,(H2,24,26). The Morgan fingerprint density at radius 3 is 2.40 bits per heavy atom. The minimum atomic E-state index is -3.97. The van der Waals surface area contributed by atoms with Gasteiger partial charge in [0, 0.05) is 30.8 Å². The fourth-order valence-electron chi connectivity index (χ4n) is 2.92. The Balaban J connectivity index is 1.97. The van der Waals surface area contributed by atoms with E-state index in [0.29, 0.717) is 12.1 Å². The first-order valence-corrected chi connectivity index (χ1v) is 10.2. The fraction of sp³-hybridized carbons (Fsp3) is 0.278. The molecular weight excluding hydrogens is 431 g/mol. The summed E-state index contributed by atoms with van der Waals surface area (Å²) < 4.78 is 89.9. The van der Waals surface area contributed by atoms with Crippen molar-refractivity contribution in [3.8, 4) is 0 Å². The number of piperidine rings is 1. The maximum Gasteiger partial charge on any atom is 0.194 e. The van der Waals surface area contributed by atoms with E-state index in [1.807, 2.05) is 0 Å². The molecule has 162 valence electrons. The summed E-state index contributed by atoms with van der Waals surface area (Å²) in [4.78, 5) is 3.16. The first-order chi connectivity index (χ1) is 14.0. The molecule has 0 radical (unpaired) electrons. The van der Waals surface area contributed by atoms with Crippen molar-refractivity contribution in [2.45, 2.75) is 23.6 Å². The molecule has 4 N–H and O–H groups in total. The summed E-state index contributed by atoms with van der Waals surface area (Å²) in [5.74, 6) is -6.02. The van der Waals surface area contributed by atoms with Gasteiger partial charge in [-0.3, -0.25) is 0 Å². The summed E-state index contributed by atoms with van der Waals surface area (Å²) in [5.41, 5.74) is 5.40. The number of halogens is 5. The van der Waals surface area contributed by atoms with E-state index in [9.17, 15) is 31.3 Å². The van der Waals surface area contributed by atoms with Crippen molar-refractivity contribution in [3.05, 3.63) is 59.2 Å². The number of alkyl halides is 1. The zero-order valence-electron chi connectivity index (χ0n) is 15.3. The summed E-state index contributed by atoms with van der Waals surface area (Å²) in [7, 11) is -3.97. The van der Waals surface area contributed by atoms with Crippen LogP contribution in [0.1, 0.15) is 12.0 Å². The molecular formula is C18H17F5N4O2S. The lowest BCUT2D eigenvalue weighted by molar-refractivity contribution is 0.0310. The molecule has 2 aromatic carbocycles. The van der Waals surface area contributed by atoms with Gasteiger partial charge < -0.3 is 10.8 Å². The predicted octanol–water partition coefficient (Wildman–Crippen LogP) is 3.01. The molecule has 2 aromatic rings. The van der Waals surface area contributed by atoms with Gasteiger partial charge in [0.1, 0.15) is 27.7 Å². The van der Waals surface area contributed by atoms with Gasteiger partial charge in [-0.1, -0.05) is 0 Å². The highest BCUT2D eigenvalue weighted by Gasteiger charge is 2.34.